The topological polar surface area (TPSA) is 42.4 Å². The lowest BCUT2D eigenvalue weighted by molar-refractivity contribution is -0.145. The number of hydrogen-bond donors (Lipinski definition) is 0. The molecule has 2 aromatic rings. The highest BCUT2D eigenvalue weighted by molar-refractivity contribution is 5.94. The van der Waals surface area contributed by atoms with Gasteiger partial charge in [-0.1, -0.05) is 0 Å². The molecule has 0 bridgehead atoms. The summed E-state index contributed by atoms with van der Waals surface area (Å²) in [7, 11) is 1.34. The van der Waals surface area contributed by atoms with Gasteiger partial charge < -0.3 is 4.74 Å². The Morgan fingerprint density at radius 3 is 2.59 bits per heavy atom. The van der Waals surface area contributed by atoms with Crippen LogP contribution in [0.5, 0.6) is 5.88 Å². The second kappa shape index (κ2) is 8.06. The number of hydrogen-bond acceptors (Lipinski definition) is 4. The second-order valence-corrected chi connectivity index (χ2v) is 7.11. The number of Topliss-reactive ketones (excluding diaryl/α,β-unsaturated/α-hetero) is 1. The minimum Gasteiger partial charge on any atom is -0.473 e. The van der Waals surface area contributed by atoms with Crippen LogP contribution >= 0.6 is 0 Å². The van der Waals surface area contributed by atoms with Crippen molar-refractivity contribution in [3.05, 3.63) is 47.2 Å². The van der Waals surface area contributed by atoms with Crippen molar-refractivity contribution in [3.8, 4) is 17.0 Å². The number of ketones is 1. The highest BCUT2D eigenvalue weighted by Gasteiger charge is 2.32. The lowest BCUT2D eigenvalue weighted by atomic mass is 9.93. The van der Waals surface area contributed by atoms with Crippen molar-refractivity contribution in [2.24, 2.45) is 0 Å². The van der Waals surface area contributed by atoms with E-state index in [-0.39, 0.29) is 29.5 Å². The number of pyridine rings is 1. The Balaban J connectivity index is 1.93. The summed E-state index contributed by atoms with van der Waals surface area (Å²) >= 11 is 0. The molecular weight excluding hydrogens is 395 g/mol. The van der Waals surface area contributed by atoms with Crippen LogP contribution < -0.4 is 4.74 Å². The predicted octanol–water partition coefficient (Wildman–Crippen LogP) is 4.42. The van der Waals surface area contributed by atoms with Crippen LogP contribution in [0.15, 0.2) is 24.3 Å². The minimum atomic E-state index is -4.32. The lowest BCUT2D eigenvalue weighted by Crippen LogP contribution is -2.40. The van der Waals surface area contributed by atoms with E-state index in [0.717, 1.165) is 17.0 Å². The van der Waals surface area contributed by atoms with Crippen molar-refractivity contribution in [3.63, 3.8) is 0 Å². The third-order valence-corrected chi connectivity index (χ3v) is 4.63. The van der Waals surface area contributed by atoms with Gasteiger partial charge in [-0.2, -0.15) is 13.2 Å². The van der Waals surface area contributed by atoms with Gasteiger partial charge in [0.2, 0.25) is 5.88 Å². The number of carbonyl (C=O) groups is 1. The first-order chi connectivity index (χ1) is 13.5. The molecule has 0 saturated heterocycles. The molecule has 0 fully saturated rings. The summed E-state index contributed by atoms with van der Waals surface area (Å²) in [5.74, 6) is -1.81. The Bertz CT molecular complexity index is 930. The van der Waals surface area contributed by atoms with Gasteiger partial charge in [-0.25, -0.2) is 13.8 Å². The van der Waals surface area contributed by atoms with Gasteiger partial charge in [-0.3, -0.25) is 9.69 Å². The van der Waals surface area contributed by atoms with Crippen molar-refractivity contribution in [1.82, 2.24) is 9.88 Å². The Kier molecular flexibility index (Phi) is 5.88. The second-order valence-electron chi connectivity index (χ2n) is 7.11. The van der Waals surface area contributed by atoms with E-state index in [4.69, 9.17) is 4.74 Å². The number of carbonyl (C=O) groups excluding carboxylic acids is 1. The van der Waals surface area contributed by atoms with Crippen LogP contribution in [0.1, 0.15) is 29.4 Å². The van der Waals surface area contributed by atoms with E-state index in [1.165, 1.54) is 26.1 Å². The number of nitrogens with zero attached hydrogens (tertiary/aromatic N) is 2. The zero-order valence-corrected chi connectivity index (χ0v) is 15.8. The first-order valence-corrected chi connectivity index (χ1v) is 8.95. The van der Waals surface area contributed by atoms with Gasteiger partial charge in [0, 0.05) is 30.7 Å². The van der Waals surface area contributed by atoms with Crippen LogP contribution in [0.2, 0.25) is 0 Å². The molecule has 0 unspecified atom stereocenters. The smallest absolute Gasteiger partial charge is 0.401 e. The number of ether oxygens (including phenoxy) is 1. The maximum atomic E-state index is 14.3. The standard InChI is InChI=1S/C20H19F5N2O2/c1-11(28)18-8-16(14-5-3-12(21)7-17(14)22)15-6-4-13(29-19(15)26-18)9-27(2)10-20(23,24)25/h3,5,7-8,13H,4,6,9-10H2,1-2H3/t13-/m1/s1. The minimum absolute atomic E-state index is 0.0190. The Morgan fingerprint density at radius 2 is 1.97 bits per heavy atom. The SMILES string of the molecule is CC(=O)c1cc(-c2ccc(F)cc2F)c2c(n1)O[C@@H](CN(C)CC(F)(F)F)CC2. The number of likely N-dealkylation sites (N-methyl/N-ethyl adjacent to an activating group) is 1. The molecule has 9 heteroatoms. The molecule has 1 aromatic heterocycles. The fraction of sp³-hybridized carbons (Fsp3) is 0.400. The molecule has 4 nitrogen and oxygen atoms in total. The van der Waals surface area contributed by atoms with Gasteiger partial charge in [0.25, 0.3) is 0 Å². The van der Waals surface area contributed by atoms with E-state index < -0.39 is 30.5 Å². The highest BCUT2D eigenvalue weighted by atomic mass is 19.4. The summed E-state index contributed by atoms with van der Waals surface area (Å²) in [5.41, 5.74) is 1.03. The van der Waals surface area contributed by atoms with Crippen LogP contribution in [0.3, 0.4) is 0 Å². The van der Waals surface area contributed by atoms with Crippen LogP contribution in [-0.4, -0.2) is 48.1 Å². The Hall–Kier alpha value is -2.55. The summed E-state index contributed by atoms with van der Waals surface area (Å²) < 4.78 is 71.1. The molecular formula is C20H19F5N2O2. The largest absolute Gasteiger partial charge is 0.473 e. The summed E-state index contributed by atoms with van der Waals surface area (Å²) in [6.07, 6.45) is -4.12. The normalized spacial score (nSPS) is 16.5. The van der Waals surface area contributed by atoms with Crippen LogP contribution in [0.25, 0.3) is 11.1 Å². The molecule has 0 N–H and O–H groups in total. The summed E-state index contributed by atoms with van der Waals surface area (Å²) in [6.45, 7) is 0.231. The summed E-state index contributed by atoms with van der Waals surface area (Å²) in [4.78, 5) is 17.1. The Morgan fingerprint density at radius 1 is 1.24 bits per heavy atom. The third kappa shape index (κ3) is 5.09. The van der Waals surface area contributed by atoms with E-state index in [1.54, 1.807) is 0 Å². The summed E-state index contributed by atoms with van der Waals surface area (Å²) in [6, 6.07) is 4.55. The van der Waals surface area contributed by atoms with Crippen molar-refractivity contribution in [1.29, 1.82) is 0 Å². The summed E-state index contributed by atoms with van der Waals surface area (Å²) in [5, 5.41) is 0. The number of halogens is 5. The van der Waals surface area contributed by atoms with Gasteiger partial charge >= 0.3 is 6.18 Å². The maximum absolute atomic E-state index is 14.3. The number of rotatable bonds is 5. The zero-order valence-electron chi connectivity index (χ0n) is 15.8. The van der Waals surface area contributed by atoms with Crippen LogP contribution in [0.4, 0.5) is 22.0 Å². The Labute approximate surface area is 164 Å². The van der Waals surface area contributed by atoms with E-state index in [9.17, 15) is 26.7 Å². The van der Waals surface area contributed by atoms with Crippen molar-refractivity contribution < 1.29 is 31.5 Å². The molecule has 0 aliphatic carbocycles. The van der Waals surface area contributed by atoms with Crippen molar-refractivity contribution in [2.45, 2.75) is 32.0 Å². The molecule has 156 valence electrons. The molecule has 0 radical (unpaired) electrons. The first kappa shape index (κ1) is 21.2. The predicted molar refractivity (Wildman–Crippen MR) is 95.9 cm³/mol. The third-order valence-electron chi connectivity index (χ3n) is 4.63. The van der Waals surface area contributed by atoms with Gasteiger partial charge in [0.15, 0.2) is 5.78 Å². The number of fused-ring (bicyclic) bond motifs is 1. The van der Waals surface area contributed by atoms with Crippen LogP contribution in [0, 0.1) is 11.6 Å². The molecule has 3 rings (SSSR count). The van der Waals surface area contributed by atoms with Gasteiger partial charge in [0.05, 0.1) is 6.54 Å². The van der Waals surface area contributed by atoms with Crippen LogP contribution in [-0.2, 0) is 6.42 Å². The monoisotopic (exact) mass is 414 g/mol. The van der Waals surface area contributed by atoms with Crippen molar-refractivity contribution >= 4 is 5.78 Å². The lowest BCUT2D eigenvalue weighted by Gasteiger charge is -2.30. The van der Waals surface area contributed by atoms with E-state index in [1.807, 2.05) is 0 Å². The highest BCUT2D eigenvalue weighted by Crippen LogP contribution is 2.37. The van der Waals surface area contributed by atoms with Gasteiger partial charge in [-0.05, 0) is 43.7 Å². The molecule has 0 saturated carbocycles. The van der Waals surface area contributed by atoms with Crippen molar-refractivity contribution in [2.75, 3.05) is 20.1 Å². The fourth-order valence-electron chi connectivity index (χ4n) is 3.38. The van der Waals surface area contributed by atoms with E-state index in [2.05, 4.69) is 4.98 Å². The molecule has 2 heterocycles. The average Bonchev–Trinajstić information content (AvgIpc) is 2.59. The van der Waals surface area contributed by atoms with Gasteiger partial charge in [0.1, 0.15) is 23.4 Å². The van der Waals surface area contributed by atoms with Gasteiger partial charge in [-0.15, -0.1) is 0 Å². The molecule has 1 atom stereocenters. The average molecular weight is 414 g/mol. The zero-order chi connectivity index (χ0) is 21.3. The fourth-order valence-corrected chi connectivity index (χ4v) is 3.38. The number of alkyl halides is 3. The van der Waals surface area contributed by atoms with E-state index in [0.29, 0.717) is 24.0 Å². The molecule has 1 aliphatic rings. The quantitative estimate of drug-likeness (QED) is 0.537. The molecule has 29 heavy (non-hydrogen) atoms. The maximum Gasteiger partial charge on any atom is 0.401 e. The molecule has 0 spiro atoms. The number of benzene rings is 1. The first-order valence-electron chi connectivity index (χ1n) is 8.95. The number of aromatic nitrogens is 1. The molecule has 1 aromatic carbocycles. The van der Waals surface area contributed by atoms with E-state index >= 15 is 0 Å². The molecule has 1 aliphatic heterocycles. The molecule has 0 amide bonds.